The molecule has 0 fully saturated rings. The second-order valence-electron chi connectivity index (χ2n) is 4.45. The Kier molecular flexibility index (Phi) is 3.78. The van der Waals surface area contributed by atoms with Gasteiger partial charge in [-0.15, -0.1) is 5.10 Å². The molecule has 0 unspecified atom stereocenters. The van der Waals surface area contributed by atoms with Gasteiger partial charge in [-0.25, -0.2) is 4.79 Å². The molecule has 1 N–H and O–H groups in total. The summed E-state index contributed by atoms with van der Waals surface area (Å²) >= 11 is 0. The highest BCUT2D eigenvalue weighted by atomic mass is 19.4. The van der Waals surface area contributed by atoms with Crippen molar-refractivity contribution >= 4 is 11.8 Å². The van der Waals surface area contributed by atoms with Crippen molar-refractivity contribution in [3.8, 4) is 0 Å². The fourth-order valence-electron chi connectivity index (χ4n) is 0.995. The maximum atomic E-state index is 12.3. The molecule has 0 aliphatic rings. The number of ether oxygens (including phenoxy) is 1. The molecule has 18 heavy (non-hydrogen) atoms. The van der Waals surface area contributed by atoms with Crippen LogP contribution in [0, 0.1) is 0 Å². The Morgan fingerprint density at radius 1 is 1.33 bits per heavy atom. The van der Waals surface area contributed by atoms with Crippen molar-refractivity contribution in [2.45, 2.75) is 32.5 Å². The number of halogens is 3. The summed E-state index contributed by atoms with van der Waals surface area (Å²) in [6, 6.07) is 0.678. The molecular formula is C10H12F3N3O2. The molecule has 0 aromatic carbocycles. The molecule has 100 valence electrons. The van der Waals surface area contributed by atoms with Crippen molar-refractivity contribution in [3.05, 3.63) is 18.0 Å². The number of hydrogen-bond acceptors (Lipinski definition) is 4. The Bertz CT molecular complexity index is 441. The molecular weight excluding hydrogens is 251 g/mol. The number of nitrogens with one attached hydrogen (secondary N) is 1. The van der Waals surface area contributed by atoms with Crippen LogP contribution in [0.2, 0.25) is 0 Å². The Morgan fingerprint density at radius 2 is 1.94 bits per heavy atom. The van der Waals surface area contributed by atoms with Crippen LogP contribution in [0.3, 0.4) is 0 Å². The first-order valence-electron chi connectivity index (χ1n) is 4.98. The maximum absolute atomic E-state index is 12.3. The molecule has 1 rings (SSSR count). The molecule has 0 spiro atoms. The van der Waals surface area contributed by atoms with E-state index >= 15 is 0 Å². The van der Waals surface area contributed by atoms with Crippen LogP contribution in [0.4, 0.5) is 23.7 Å². The summed E-state index contributed by atoms with van der Waals surface area (Å²) in [5.74, 6) is 0. The maximum Gasteiger partial charge on any atom is 0.435 e. The monoisotopic (exact) mass is 263 g/mol. The largest absolute Gasteiger partial charge is 0.444 e. The highest BCUT2D eigenvalue weighted by Gasteiger charge is 2.33. The predicted molar refractivity (Wildman–Crippen MR) is 56.9 cm³/mol. The Morgan fingerprint density at radius 3 is 2.44 bits per heavy atom. The Hall–Kier alpha value is -1.86. The van der Waals surface area contributed by atoms with Crippen LogP contribution in [0.1, 0.15) is 26.5 Å². The van der Waals surface area contributed by atoms with E-state index in [1.807, 2.05) is 0 Å². The molecule has 0 bridgehead atoms. The van der Waals surface area contributed by atoms with Crippen LogP contribution in [-0.4, -0.2) is 21.9 Å². The number of anilines is 1. The van der Waals surface area contributed by atoms with Gasteiger partial charge in [0.25, 0.3) is 0 Å². The fraction of sp³-hybridized carbons (Fsp3) is 0.500. The van der Waals surface area contributed by atoms with E-state index in [0.717, 1.165) is 6.20 Å². The summed E-state index contributed by atoms with van der Waals surface area (Å²) in [4.78, 5) is 11.3. The quantitative estimate of drug-likeness (QED) is 0.846. The molecule has 1 aromatic heterocycles. The average molecular weight is 263 g/mol. The van der Waals surface area contributed by atoms with Crippen LogP contribution >= 0.6 is 0 Å². The van der Waals surface area contributed by atoms with Gasteiger partial charge >= 0.3 is 12.3 Å². The SMILES string of the molecule is CC(C)(C)OC(=O)Nc1cnnc(C(F)(F)F)c1. The van der Waals surface area contributed by atoms with Crippen LogP contribution in [0.5, 0.6) is 0 Å². The van der Waals surface area contributed by atoms with E-state index in [1.54, 1.807) is 20.8 Å². The van der Waals surface area contributed by atoms with E-state index < -0.39 is 23.6 Å². The number of amides is 1. The third-order valence-electron chi connectivity index (χ3n) is 1.59. The van der Waals surface area contributed by atoms with Gasteiger partial charge in [-0.1, -0.05) is 0 Å². The Balaban J connectivity index is 2.77. The molecule has 8 heteroatoms. The van der Waals surface area contributed by atoms with Gasteiger partial charge in [-0.3, -0.25) is 5.32 Å². The van der Waals surface area contributed by atoms with Crippen molar-refractivity contribution in [1.82, 2.24) is 10.2 Å². The van der Waals surface area contributed by atoms with E-state index in [9.17, 15) is 18.0 Å². The molecule has 5 nitrogen and oxygen atoms in total. The van der Waals surface area contributed by atoms with E-state index in [0.29, 0.717) is 6.07 Å². The summed E-state index contributed by atoms with van der Waals surface area (Å²) in [7, 11) is 0. The third kappa shape index (κ3) is 4.56. The molecule has 0 aliphatic carbocycles. The number of alkyl halides is 3. The molecule has 0 atom stereocenters. The minimum absolute atomic E-state index is 0.133. The van der Waals surface area contributed by atoms with Crippen LogP contribution < -0.4 is 5.32 Å². The Labute approximate surface area is 101 Å². The first-order valence-corrected chi connectivity index (χ1v) is 4.98. The van der Waals surface area contributed by atoms with Gasteiger partial charge in [-0.05, 0) is 26.8 Å². The average Bonchev–Trinajstić information content (AvgIpc) is 2.13. The predicted octanol–water partition coefficient (Wildman–Crippen LogP) is 2.84. The van der Waals surface area contributed by atoms with Crippen molar-refractivity contribution in [2.24, 2.45) is 0 Å². The lowest BCUT2D eigenvalue weighted by Crippen LogP contribution is -2.27. The van der Waals surface area contributed by atoms with Crippen molar-refractivity contribution < 1.29 is 22.7 Å². The summed E-state index contributed by atoms with van der Waals surface area (Å²) in [6.45, 7) is 4.91. The lowest BCUT2D eigenvalue weighted by atomic mass is 10.2. The molecule has 1 heterocycles. The van der Waals surface area contributed by atoms with E-state index in [4.69, 9.17) is 4.74 Å². The second-order valence-corrected chi connectivity index (χ2v) is 4.45. The lowest BCUT2D eigenvalue weighted by Gasteiger charge is -2.19. The summed E-state index contributed by atoms with van der Waals surface area (Å²) in [5, 5.41) is 8.23. The van der Waals surface area contributed by atoms with E-state index in [2.05, 4.69) is 15.5 Å². The number of rotatable bonds is 1. The smallest absolute Gasteiger partial charge is 0.435 e. The second kappa shape index (κ2) is 4.79. The normalized spacial score (nSPS) is 12.1. The number of aromatic nitrogens is 2. The molecule has 0 radical (unpaired) electrons. The summed E-state index contributed by atoms with van der Waals surface area (Å²) in [6.07, 6.45) is -4.47. The number of carbonyl (C=O) groups is 1. The van der Waals surface area contributed by atoms with Crippen LogP contribution in [0.15, 0.2) is 12.3 Å². The lowest BCUT2D eigenvalue weighted by molar-refractivity contribution is -0.141. The number of nitrogens with zero attached hydrogens (tertiary/aromatic N) is 2. The first kappa shape index (κ1) is 14.2. The fourth-order valence-corrected chi connectivity index (χ4v) is 0.995. The van der Waals surface area contributed by atoms with E-state index in [1.165, 1.54) is 0 Å². The van der Waals surface area contributed by atoms with Crippen molar-refractivity contribution in [1.29, 1.82) is 0 Å². The molecule has 0 saturated heterocycles. The molecule has 0 saturated carbocycles. The van der Waals surface area contributed by atoms with Gasteiger partial charge in [-0.2, -0.15) is 18.3 Å². The van der Waals surface area contributed by atoms with Gasteiger partial charge < -0.3 is 4.74 Å². The molecule has 0 aliphatic heterocycles. The minimum atomic E-state index is -4.61. The third-order valence-corrected chi connectivity index (χ3v) is 1.59. The zero-order chi connectivity index (χ0) is 14.0. The topological polar surface area (TPSA) is 64.1 Å². The van der Waals surface area contributed by atoms with Gasteiger partial charge in [0.1, 0.15) is 5.60 Å². The standard InChI is InChI=1S/C10H12F3N3O2/c1-9(2,3)18-8(17)15-6-4-7(10(11,12)13)16-14-5-6/h4-5H,1-3H3,(H,15,16,17). The highest BCUT2D eigenvalue weighted by molar-refractivity contribution is 5.84. The van der Waals surface area contributed by atoms with Crippen molar-refractivity contribution in [2.75, 3.05) is 5.32 Å². The van der Waals surface area contributed by atoms with E-state index in [-0.39, 0.29) is 5.69 Å². The molecule has 1 aromatic rings. The highest BCUT2D eigenvalue weighted by Crippen LogP contribution is 2.28. The first-order chi connectivity index (χ1) is 8.08. The number of carbonyl (C=O) groups excluding carboxylic acids is 1. The van der Waals surface area contributed by atoms with Crippen LogP contribution in [-0.2, 0) is 10.9 Å². The summed E-state index contributed by atoms with van der Waals surface area (Å²) < 4.78 is 41.9. The molecule has 1 amide bonds. The van der Waals surface area contributed by atoms with Crippen molar-refractivity contribution in [3.63, 3.8) is 0 Å². The zero-order valence-corrected chi connectivity index (χ0v) is 10.00. The van der Waals surface area contributed by atoms with Gasteiger partial charge in [0.2, 0.25) is 0 Å². The number of hydrogen-bond donors (Lipinski definition) is 1. The van der Waals surface area contributed by atoms with Gasteiger partial charge in [0.05, 0.1) is 11.9 Å². The minimum Gasteiger partial charge on any atom is -0.444 e. The van der Waals surface area contributed by atoms with Gasteiger partial charge in [0.15, 0.2) is 5.69 Å². The van der Waals surface area contributed by atoms with Gasteiger partial charge in [0, 0.05) is 0 Å². The zero-order valence-electron chi connectivity index (χ0n) is 10.00. The summed E-state index contributed by atoms with van der Waals surface area (Å²) in [5.41, 5.74) is -2.06. The van der Waals surface area contributed by atoms with Crippen LogP contribution in [0.25, 0.3) is 0 Å².